The fraction of sp³-hybridized carbons (Fsp3) is 0.529. The summed E-state index contributed by atoms with van der Waals surface area (Å²) >= 11 is 5.78. The van der Waals surface area contributed by atoms with Gasteiger partial charge in [-0.3, -0.25) is 19.8 Å². The van der Waals surface area contributed by atoms with Crippen molar-refractivity contribution >= 4 is 35.3 Å². The van der Waals surface area contributed by atoms with E-state index >= 15 is 0 Å². The molecule has 0 aromatic carbocycles. The van der Waals surface area contributed by atoms with E-state index < -0.39 is 6.03 Å². The van der Waals surface area contributed by atoms with Crippen LogP contribution in [0.4, 0.5) is 10.6 Å². The van der Waals surface area contributed by atoms with E-state index in [1.165, 1.54) is 6.20 Å². The van der Waals surface area contributed by atoms with Crippen LogP contribution in [0.5, 0.6) is 0 Å². The number of likely N-dealkylation sites (tertiary alicyclic amines) is 1. The van der Waals surface area contributed by atoms with Crippen LogP contribution in [0.1, 0.15) is 26.2 Å². The molecule has 1 aromatic rings. The maximum atomic E-state index is 12.4. The second-order valence-corrected chi connectivity index (χ2v) is 6.67. The third-order valence-corrected chi connectivity index (χ3v) is 4.23. The van der Waals surface area contributed by atoms with Crippen LogP contribution < -0.4 is 16.0 Å². The number of anilines is 1. The molecule has 0 spiro atoms. The van der Waals surface area contributed by atoms with Gasteiger partial charge in [0.15, 0.2) is 0 Å². The lowest BCUT2D eigenvalue weighted by Gasteiger charge is -2.31. The Morgan fingerprint density at radius 2 is 2.15 bits per heavy atom. The van der Waals surface area contributed by atoms with Gasteiger partial charge >= 0.3 is 6.03 Å². The van der Waals surface area contributed by atoms with Crippen molar-refractivity contribution < 1.29 is 14.4 Å². The Labute approximate surface area is 157 Å². The minimum atomic E-state index is -0.489. The Balaban J connectivity index is 1.80. The minimum Gasteiger partial charge on any atom is -0.338 e. The molecule has 8 nitrogen and oxygen atoms in total. The molecule has 0 aliphatic carbocycles. The van der Waals surface area contributed by atoms with Crippen LogP contribution in [0.2, 0.25) is 5.02 Å². The van der Waals surface area contributed by atoms with Gasteiger partial charge in [-0.1, -0.05) is 18.5 Å². The van der Waals surface area contributed by atoms with Gasteiger partial charge in [-0.05, 0) is 37.9 Å². The number of hydrogen-bond donors (Lipinski definition) is 3. The normalized spacial score (nSPS) is 17.4. The Kier molecular flexibility index (Phi) is 7.80. The zero-order valence-electron chi connectivity index (χ0n) is 14.8. The van der Waals surface area contributed by atoms with E-state index in [1.54, 1.807) is 12.1 Å². The van der Waals surface area contributed by atoms with E-state index in [1.807, 2.05) is 11.8 Å². The number of hydrogen-bond acceptors (Lipinski definition) is 5. The minimum absolute atomic E-state index is 0.0858. The van der Waals surface area contributed by atoms with Crippen LogP contribution >= 0.6 is 11.6 Å². The molecular weight excluding hydrogens is 358 g/mol. The van der Waals surface area contributed by atoms with Crippen molar-refractivity contribution in [1.82, 2.24) is 20.5 Å². The van der Waals surface area contributed by atoms with Crippen LogP contribution in [-0.2, 0) is 9.59 Å². The molecule has 1 saturated heterocycles. The van der Waals surface area contributed by atoms with Crippen LogP contribution in [0.15, 0.2) is 18.3 Å². The Morgan fingerprint density at radius 1 is 1.35 bits per heavy atom. The summed E-state index contributed by atoms with van der Waals surface area (Å²) < 4.78 is 0. The summed E-state index contributed by atoms with van der Waals surface area (Å²) in [6.45, 7) is 3.71. The number of carbonyl (C=O) groups is 3. The van der Waals surface area contributed by atoms with Crippen molar-refractivity contribution in [2.24, 2.45) is 5.92 Å². The predicted molar refractivity (Wildman–Crippen MR) is 98.9 cm³/mol. The molecule has 1 aliphatic rings. The number of halogens is 1. The van der Waals surface area contributed by atoms with E-state index in [4.69, 9.17) is 11.6 Å². The predicted octanol–water partition coefficient (Wildman–Crippen LogP) is 1.62. The first-order valence-corrected chi connectivity index (χ1v) is 9.08. The second-order valence-electron chi connectivity index (χ2n) is 6.23. The summed E-state index contributed by atoms with van der Waals surface area (Å²) in [5.41, 5.74) is 0. The maximum Gasteiger partial charge on any atom is 0.321 e. The quantitative estimate of drug-likeness (QED) is 0.694. The summed E-state index contributed by atoms with van der Waals surface area (Å²) in [7, 11) is 0. The molecule has 142 valence electrons. The Hall–Kier alpha value is -2.19. The lowest BCUT2D eigenvalue weighted by molar-refractivity contribution is -0.125. The largest absolute Gasteiger partial charge is 0.338 e. The van der Waals surface area contributed by atoms with Crippen molar-refractivity contribution in [3.8, 4) is 0 Å². The Morgan fingerprint density at radius 3 is 2.85 bits per heavy atom. The highest BCUT2D eigenvalue weighted by Crippen LogP contribution is 2.18. The fourth-order valence-corrected chi connectivity index (χ4v) is 2.85. The molecule has 2 rings (SSSR count). The van der Waals surface area contributed by atoms with Crippen molar-refractivity contribution in [3.63, 3.8) is 0 Å². The number of amides is 4. The SMILES string of the molecule is CCCNC(=O)NC(=O)CN1CCCC(C(=O)Nc2ccc(Cl)cn2)C1. The molecule has 1 fully saturated rings. The van der Waals surface area contributed by atoms with E-state index in [-0.39, 0.29) is 24.3 Å². The van der Waals surface area contributed by atoms with Crippen LogP contribution in [0, 0.1) is 5.92 Å². The highest BCUT2D eigenvalue weighted by atomic mass is 35.5. The van der Waals surface area contributed by atoms with Crippen LogP contribution in [0.25, 0.3) is 0 Å². The smallest absolute Gasteiger partial charge is 0.321 e. The zero-order valence-corrected chi connectivity index (χ0v) is 15.5. The molecule has 4 amide bonds. The number of urea groups is 1. The summed E-state index contributed by atoms with van der Waals surface area (Å²) in [4.78, 5) is 41.8. The third kappa shape index (κ3) is 6.61. The first-order chi connectivity index (χ1) is 12.5. The van der Waals surface area contributed by atoms with Crippen LogP contribution in [0.3, 0.4) is 0 Å². The molecule has 9 heteroatoms. The van der Waals surface area contributed by atoms with E-state index in [2.05, 4.69) is 20.9 Å². The van der Waals surface area contributed by atoms with Crippen molar-refractivity contribution in [2.75, 3.05) is 31.5 Å². The fourth-order valence-electron chi connectivity index (χ4n) is 2.74. The molecule has 0 saturated carbocycles. The lowest BCUT2D eigenvalue weighted by Crippen LogP contribution is -2.48. The number of pyridine rings is 1. The molecule has 0 radical (unpaired) electrons. The average molecular weight is 382 g/mol. The number of imide groups is 1. The highest BCUT2D eigenvalue weighted by Gasteiger charge is 2.27. The van der Waals surface area contributed by atoms with Gasteiger partial charge in [-0.15, -0.1) is 0 Å². The molecule has 1 aromatic heterocycles. The van der Waals surface area contributed by atoms with Gasteiger partial charge < -0.3 is 10.6 Å². The van der Waals surface area contributed by atoms with Gasteiger partial charge in [-0.25, -0.2) is 9.78 Å². The summed E-state index contributed by atoms with van der Waals surface area (Å²) in [6.07, 6.45) is 3.82. The van der Waals surface area contributed by atoms with Crippen LogP contribution in [-0.4, -0.2) is 53.9 Å². The standard InChI is InChI=1S/C17H24ClN5O3/c1-2-7-19-17(26)22-15(24)11-23-8-3-4-12(10-23)16(25)21-14-6-5-13(18)9-20-14/h5-6,9,12H,2-4,7-8,10-11H2,1H3,(H,20,21,25)(H2,19,22,24,26). The Bertz CT molecular complexity index is 638. The number of nitrogens with one attached hydrogen (secondary N) is 3. The molecule has 1 unspecified atom stereocenters. The molecule has 3 N–H and O–H groups in total. The number of carbonyl (C=O) groups excluding carboxylic acids is 3. The van der Waals surface area contributed by atoms with Gasteiger partial charge in [0.1, 0.15) is 5.82 Å². The first kappa shape index (κ1) is 20.1. The van der Waals surface area contributed by atoms with Crippen molar-refractivity contribution in [2.45, 2.75) is 26.2 Å². The van der Waals surface area contributed by atoms with E-state index in [9.17, 15) is 14.4 Å². The third-order valence-electron chi connectivity index (χ3n) is 4.01. The number of piperidine rings is 1. The van der Waals surface area contributed by atoms with Gasteiger partial charge in [0.25, 0.3) is 0 Å². The average Bonchev–Trinajstić information content (AvgIpc) is 2.62. The van der Waals surface area contributed by atoms with Crippen molar-refractivity contribution in [3.05, 3.63) is 23.4 Å². The summed E-state index contributed by atoms with van der Waals surface area (Å²) in [5.74, 6) is -0.297. The van der Waals surface area contributed by atoms with Crippen molar-refractivity contribution in [1.29, 1.82) is 0 Å². The maximum absolute atomic E-state index is 12.4. The van der Waals surface area contributed by atoms with E-state index in [0.29, 0.717) is 30.5 Å². The highest BCUT2D eigenvalue weighted by molar-refractivity contribution is 6.30. The second kappa shape index (κ2) is 10.1. The molecule has 0 bridgehead atoms. The number of rotatable bonds is 6. The van der Waals surface area contributed by atoms with E-state index in [0.717, 1.165) is 19.3 Å². The topological polar surface area (TPSA) is 103 Å². The van der Waals surface area contributed by atoms with Gasteiger partial charge in [0, 0.05) is 19.3 Å². The first-order valence-electron chi connectivity index (χ1n) is 8.70. The lowest BCUT2D eigenvalue weighted by atomic mass is 9.97. The van der Waals surface area contributed by atoms with Gasteiger partial charge in [-0.2, -0.15) is 0 Å². The summed E-state index contributed by atoms with van der Waals surface area (Å²) in [5, 5.41) is 8.16. The molecule has 2 heterocycles. The zero-order chi connectivity index (χ0) is 18.9. The number of nitrogens with zero attached hydrogens (tertiary/aromatic N) is 2. The van der Waals surface area contributed by atoms with Gasteiger partial charge in [0.05, 0.1) is 17.5 Å². The molecule has 1 aliphatic heterocycles. The molecule has 26 heavy (non-hydrogen) atoms. The monoisotopic (exact) mass is 381 g/mol. The summed E-state index contributed by atoms with van der Waals surface area (Å²) in [6, 6.07) is 2.81. The molecular formula is C17H24ClN5O3. The van der Waals surface area contributed by atoms with Gasteiger partial charge in [0.2, 0.25) is 11.8 Å². The number of aromatic nitrogens is 1. The molecule has 1 atom stereocenters.